The van der Waals surface area contributed by atoms with Crippen LogP contribution in [0.15, 0.2) is 6.07 Å². The molecule has 0 aromatic heterocycles. The van der Waals surface area contributed by atoms with Crippen molar-refractivity contribution < 1.29 is 28.7 Å². The Morgan fingerprint density at radius 2 is 2.09 bits per heavy atom. The van der Waals surface area contributed by atoms with Gasteiger partial charge >= 0.3 is 11.7 Å². The number of carbonyl (C=O) groups is 1. The number of esters is 1. The summed E-state index contributed by atoms with van der Waals surface area (Å²) in [6.07, 6.45) is -0.464. The maximum absolute atomic E-state index is 11.5. The molecule has 8 nitrogen and oxygen atoms in total. The molecule has 1 aliphatic rings. The van der Waals surface area contributed by atoms with E-state index in [4.69, 9.17) is 14.2 Å². The molecule has 0 N–H and O–H groups in total. The van der Waals surface area contributed by atoms with Crippen LogP contribution in [0, 0.1) is 10.1 Å². The van der Waals surface area contributed by atoms with Gasteiger partial charge in [-0.15, -0.1) is 0 Å². The van der Waals surface area contributed by atoms with Crippen molar-refractivity contribution in [2.75, 3.05) is 21.3 Å². The molecule has 0 saturated carbocycles. The van der Waals surface area contributed by atoms with Crippen LogP contribution in [0.25, 0.3) is 0 Å². The Morgan fingerprint density at radius 1 is 1.39 bits per heavy atom. The van der Waals surface area contributed by atoms with Crippen molar-refractivity contribution in [1.82, 2.24) is 0 Å². The Hall–Kier alpha value is -2.35. The quantitative estimate of drug-likeness (QED) is 0.465. The molecule has 1 heterocycles. The third-order valence-corrected chi connectivity index (χ3v) is 3.84. The summed E-state index contributed by atoms with van der Waals surface area (Å²) in [5.74, 6) is 0.148. The van der Waals surface area contributed by atoms with Gasteiger partial charge in [-0.25, -0.2) is 0 Å². The third kappa shape index (κ3) is 3.21. The third-order valence-electron chi connectivity index (χ3n) is 3.84. The van der Waals surface area contributed by atoms with E-state index in [1.54, 1.807) is 6.92 Å². The number of nitrogens with zero attached hydrogens (tertiary/aromatic N) is 1. The van der Waals surface area contributed by atoms with E-state index in [1.807, 2.05) is 0 Å². The maximum atomic E-state index is 11.5. The molecule has 126 valence electrons. The fourth-order valence-corrected chi connectivity index (χ4v) is 2.90. The van der Waals surface area contributed by atoms with Gasteiger partial charge in [-0.3, -0.25) is 14.9 Å². The van der Waals surface area contributed by atoms with E-state index in [0.717, 1.165) is 0 Å². The van der Waals surface area contributed by atoms with E-state index in [0.29, 0.717) is 23.3 Å². The molecule has 0 radical (unpaired) electrons. The van der Waals surface area contributed by atoms with Crippen LogP contribution >= 0.6 is 0 Å². The van der Waals surface area contributed by atoms with E-state index in [1.165, 1.54) is 27.4 Å². The molecule has 0 spiro atoms. The average molecular weight is 325 g/mol. The second-order valence-electron chi connectivity index (χ2n) is 5.17. The number of hydrogen-bond donors (Lipinski definition) is 0. The topological polar surface area (TPSA) is 97.1 Å². The summed E-state index contributed by atoms with van der Waals surface area (Å²) in [6.45, 7) is 1.80. The predicted octanol–water partition coefficient (Wildman–Crippen LogP) is 2.18. The highest BCUT2D eigenvalue weighted by atomic mass is 16.6. The van der Waals surface area contributed by atoms with E-state index in [2.05, 4.69) is 4.74 Å². The summed E-state index contributed by atoms with van der Waals surface area (Å²) in [5, 5.41) is 11.3. The lowest BCUT2D eigenvalue weighted by Crippen LogP contribution is -2.28. The molecule has 1 aromatic carbocycles. The first-order valence-electron chi connectivity index (χ1n) is 7.07. The van der Waals surface area contributed by atoms with Crippen LogP contribution in [0.1, 0.15) is 30.6 Å². The van der Waals surface area contributed by atoms with E-state index < -0.39 is 23.1 Å². The summed E-state index contributed by atoms with van der Waals surface area (Å²) in [5.41, 5.74) is 1.16. The zero-order valence-electron chi connectivity index (χ0n) is 13.5. The molecule has 2 rings (SSSR count). The number of ether oxygens (including phenoxy) is 4. The van der Waals surface area contributed by atoms with Gasteiger partial charge in [0, 0.05) is 17.5 Å². The summed E-state index contributed by atoms with van der Waals surface area (Å²) in [7, 11) is 4.13. The Kier molecular flexibility index (Phi) is 5.05. The van der Waals surface area contributed by atoms with Crippen molar-refractivity contribution in [3.8, 4) is 11.5 Å². The SMILES string of the molecule is COC(=O)C[C@@H]1Cc2c(OC)c([N+](=O)[O-])cc(OC)c2[C@H](C)O1. The molecule has 0 saturated heterocycles. The summed E-state index contributed by atoms with van der Waals surface area (Å²) >= 11 is 0. The van der Waals surface area contributed by atoms with Gasteiger partial charge in [0.05, 0.1) is 50.9 Å². The Bertz CT molecular complexity index is 629. The fourth-order valence-electron chi connectivity index (χ4n) is 2.90. The zero-order valence-corrected chi connectivity index (χ0v) is 13.5. The van der Waals surface area contributed by atoms with Crippen molar-refractivity contribution in [2.45, 2.75) is 32.0 Å². The molecule has 1 aliphatic heterocycles. The fraction of sp³-hybridized carbons (Fsp3) is 0.533. The molecular weight excluding hydrogens is 306 g/mol. The van der Waals surface area contributed by atoms with Crippen LogP contribution in [0.2, 0.25) is 0 Å². The van der Waals surface area contributed by atoms with Crippen LogP contribution in [0.5, 0.6) is 11.5 Å². The van der Waals surface area contributed by atoms with E-state index in [-0.39, 0.29) is 17.9 Å². The van der Waals surface area contributed by atoms with Crippen molar-refractivity contribution >= 4 is 11.7 Å². The molecule has 0 aliphatic carbocycles. The molecule has 2 atom stereocenters. The first kappa shape index (κ1) is 17.0. The second-order valence-corrected chi connectivity index (χ2v) is 5.17. The molecule has 23 heavy (non-hydrogen) atoms. The number of fused-ring (bicyclic) bond motifs is 1. The van der Waals surface area contributed by atoms with Crippen LogP contribution in [-0.4, -0.2) is 38.3 Å². The summed E-state index contributed by atoms with van der Waals surface area (Å²) in [6, 6.07) is 1.33. The lowest BCUT2D eigenvalue weighted by atomic mass is 9.91. The minimum absolute atomic E-state index is 0.0639. The minimum Gasteiger partial charge on any atom is -0.496 e. The molecule has 1 aromatic rings. The Balaban J connectivity index is 2.53. The number of carbonyl (C=O) groups excluding carboxylic acids is 1. The van der Waals surface area contributed by atoms with Crippen LogP contribution in [0.4, 0.5) is 5.69 Å². The highest BCUT2D eigenvalue weighted by Crippen LogP contribution is 2.46. The number of methoxy groups -OCH3 is 3. The standard InChI is InChI=1S/C15H19NO7/c1-8-14-10(5-9(23-8)6-13(17)21-3)15(22-4)11(16(18)19)7-12(14)20-2/h7-9H,5-6H2,1-4H3/t8-,9-/m0/s1. The highest BCUT2D eigenvalue weighted by molar-refractivity contribution is 5.70. The van der Waals surface area contributed by atoms with Crippen molar-refractivity contribution in [2.24, 2.45) is 0 Å². The zero-order chi connectivity index (χ0) is 17.1. The van der Waals surface area contributed by atoms with Crippen LogP contribution in [0.3, 0.4) is 0 Å². The molecule has 0 unspecified atom stereocenters. The van der Waals surface area contributed by atoms with Gasteiger partial charge in [-0.1, -0.05) is 0 Å². The molecule has 0 fully saturated rings. The first-order valence-corrected chi connectivity index (χ1v) is 7.07. The number of nitro benzene ring substituents is 1. The number of nitro groups is 1. The van der Waals surface area contributed by atoms with E-state index in [9.17, 15) is 14.9 Å². The van der Waals surface area contributed by atoms with Crippen LogP contribution < -0.4 is 9.47 Å². The lowest BCUT2D eigenvalue weighted by Gasteiger charge is -2.31. The molecule has 8 heteroatoms. The predicted molar refractivity (Wildman–Crippen MR) is 79.8 cm³/mol. The van der Waals surface area contributed by atoms with Crippen LogP contribution in [-0.2, 0) is 20.7 Å². The van der Waals surface area contributed by atoms with Crippen molar-refractivity contribution in [3.05, 3.63) is 27.3 Å². The van der Waals surface area contributed by atoms with Gasteiger partial charge in [0.25, 0.3) is 0 Å². The maximum Gasteiger partial charge on any atom is 0.314 e. The average Bonchev–Trinajstić information content (AvgIpc) is 2.52. The Labute approximate surface area is 133 Å². The molecular formula is C15H19NO7. The van der Waals surface area contributed by atoms with Gasteiger partial charge in [0.1, 0.15) is 5.75 Å². The van der Waals surface area contributed by atoms with Crippen molar-refractivity contribution in [1.29, 1.82) is 0 Å². The molecule has 0 amide bonds. The largest absolute Gasteiger partial charge is 0.496 e. The minimum atomic E-state index is -0.517. The van der Waals surface area contributed by atoms with Gasteiger partial charge in [0.2, 0.25) is 5.75 Å². The lowest BCUT2D eigenvalue weighted by molar-refractivity contribution is -0.385. The smallest absolute Gasteiger partial charge is 0.314 e. The summed E-state index contributed by atoms with van der Waals surface area (Å²) < 4.78 is 21.0. The number of benzene rings is 1. The molecule has 0 bridgehead atoms. The van der Waals surface area contributed by atoms with Gasteiger partial charge in [-0.2, -0.15) is 0 Å². The Morgan fingerprint density at radius 3 is 2.61 bits per heavy atom. The number of hydrogen-bond acceptors (Lipinski definition) is 7. The highest BCUT2D eigenvalue weighted by Gasteiger charge is 2.35. The number of rotatable bonds is 5. The normalized spacial score (nSPS) is 19.7. The monoisotopic (exact) mass is 325 g/mol. The van der Waals surface area contributed by atoms with E-state index >= 15 is 0 Å². The second kappa shape index (κ2) is 6.82. The van der Waals surface area contributed by atoms with Gasteiger partial charge in [0.15, 0.2) is 0 Å². The first-order chi connectivity index (χ1) is 10.9. The van der Waals surface area contributed by atoms with Gasteiger partial charge in [-0.05, 0) is 6.92 Å². The van der Waals surface area contributed by atoms with Gasteiger partial charge < -0.3 is 18.9 Å². The van der Waals surface area contributed by atoms with Crippen molar-refractivity contribution in [3.63, 3.8) is 0 Å². The summed E-state index contributed by atoms with van der Waals surface area (Å²) in [4.78, 5) is 22.3.